The van der Waals surface area contributed by atoms with E-state index < -0.39 is 12.1 Å². The quantitative estimate of drug-likeness (QED) is 0.0299. The van der Waals surface area contributed by atoms with Crippen LogP contribution in [0.1, 0.15) is 168 Å². The molecular formula is C42H70O6. The van der Waals surface area contributed by atoms with E-state index in [0.29, 0.717) is 12.8 Å². The first-order chi connectivity index (χ1) is 23.5. The molecule has 0 rings (SSSR count). The average Bonchev–Trinajstić information content (AvgIpc) is 3.08. The third-order valence-corrected chi connectivity index (χ3v) is 7.82. The minimum atomic E-state index is -0.804. The van der Waals surface area contributed by atoms with Crippen LogP contribution >= 0.6 is 0 Å². The summed E-state index contributed by atoms with van der Waals surface area (Å²) in [4.78, 5) is 37.1. The van der Waals surface area contributed by atoms with Crippen molar-refractivity contribution in [1.29, 1.82) is 0 Å². The molecule has 0 saturated carbocycles. The fraction of sp³-hybridized carbons (Fsp3) is 0.690. The fourth-order valence-electron chi connectivity index (χ4n) is 4.92. The highest BCUT2D eigenvalue weighted by molar-refractivity contribution is 5.72. The monoisotopic (exact) mass is 671 g/mol. The Morgan fingerprint density at radius 3 is 1.27 bits per heavy atom. The molecule has 0 aliphatic rings. The van der Waals surface area contributed by atoms with Crippen LogP contribution in [0, 0.1) is 0 Å². The SMILES string of the molecule is CC/C=C\C/C=C\C/C=C\C/C=C\C/C=C\CC(=O)OCC(COC(=O)CCCCCCC)OC(=O)CCCCCCCCCCCC. The smallest absolute Gasteiger partial charge is 0.309 e. The summed E-state index contributed by atoms with van der Waals surface area (Å²) >= 11 is 0. The molecule has 0 bridgehead atoms. The molecule has 0 heterocycles. The van der Waals surface area contributed by atoms with Gasteiger partial charge in [0.2, 0.25) is 0 Å². The van der Waals surface area contributed by atoms with Gasteiger partial charge < -0.3 is 14.2 Å². The Labute approximate surface area is 294 Å². The second-order valence-corrected chi connectivity index (χ2v) is 12.5. The highest BCUT2D eigenvalue weighted by Crippen LogP contribution is 2.12. The molecule has 0 saturated heterocycles. The zero-order valence-electron chi connectivity index (χ0n) is 31.0. The molecule has 0 N–H and O–H groups in total. The number of hydrogen-bond donors (Lipinski definition) is 0. The van der Waals surface area contributed by atoms with Crippen molar-refractivity contribution in [1.82, 2.24) is 0 Å². The van der Waals surface area contributed by atoms with Gasteiger partial charge in [-0.25, -0.2) is 0 Å². The molecule has 0 amide bonds. The van der Waals surface area contributed by atoms with E-state index in [2.05, 4.69) is 69.4 Å². The van der Waals surface area contributed by atoms with Crippen LogP contribution < -0.4 is 0 Å². The Morgan fingerprint density at radius 2 is 0.812 bits per heavy atom. The van der Waals surface area contributed by atoms with Gasteiger partial charge >= 0.3 is 17.9 Å². The third-order valence-electron chi connectivity index (χ3n) is 7.82. The summed E-state index contributed by atoms with van der Waals surface area (Å²) in [5.41, 5.74) is 0. The molecule has 1 unspecified atom stereocenters. The van der Waals surface area contributed by atoms with Gasteiger partial charge in [-0.1, -0.05) is 165 Å². The summed E-state index contributed by atoms with van der Waals surface area (Å²) in [7, 11) is 0. The van der Waals surface area contributed by atoms with E-state index in [0.717, 1.165) is 83.5 Å². The topological polar surface area (TPSA) is 78.9 Å². The maximum absolute atomic E-state index is 12.5. The minimum absolute atomic E-state index is 0.105. The van der Waals surface area contributed by atoms with E-state index in [1.807, 2.05) is 6.08 Å². The Bertz CT molecular complexity index is 913. The summed E-state index contributed by atoms with van der Waals surface area (Å²) in [6.07, 6.45) is 42.6. The Hall–Kier alpha value is -2.89. The van der Waals surface area contributed by atoms with Crippen molar-refractivity contribution in [3.05, 3.63) is 60.8 Å². The van der Waals surface area contributed by atoms with E-state index in [4.69, 9.17) is 14.2 Å². The Kier molecular flexibility index (Phi) is 34.7. The zero-order valence-corrected chi connectivity index (χ0v) is 31.0. The van der Waals surface area contributed by atoms with Crippen LogP contribution in [-0.4, -0.2) is 37.2 Å². The number of ether oxygens (including phenoxy) is 3. The predicted molar refractivity (Wildman–Crippen MR) is 201 cm³/mol. The normalized spacial score (nSPS) is 12.6. The molecule has 48 heavy (non-hydrogen) atoms. The van der Waals surface area contributed by atoms with E-state index in [1.54, 1.807) is 6.08 Å². The largest absolute Gasteiger partial charge is 0.462 e. The summed E-state index contributed by atoms with van der Waals surface area (Å²) in [5, 5.41) is 0. The van der Waals surface area contributed by atoms with Gasteiger partial charge in [-0.2, -0.15) is 0 Å². The number of carbonyl (C=O) groups excluding carboxylic acids is 3. The molecule has 0 aromatic rings. The molecule has 0 fully saturated rings. The molecule has 0 radical (unpaired) electrons. The molecule has 0 spiro atoms. The van der Waals surface area contributed by atoms with Crippen LogP contribution in [0.25, 0.3) is 0 Å². The van der Waals surface area contributed by atoms with Crippen molar-refractivity contribution >= 4 is 17.9 Å². The van der Waals surface area contributed by atoms with Gasteiger partial charge in [0.05, 0.1) is 6.42 Å². The Morgan fingerprint density at radius 1 is 0.438 bits per heavy atom. The van der Waals surface area contributed by atoms with Crippen molar-refractivity contribution in [2.24, 2.45) is 0 Å². The van der Waals surface area contributed by atoms with E-state index in [1.165, 1.54) is 44.9 Å². The van der Waals surface area contributed by atoms with Crippen molar-refractivity contribution in [3.63, 3.8) is 0 Å². The second kappa shape index (κ2) is 36.9. The lowest BCUT2D eigenvalue weighted by molar-refractivity contribution is -0.166. The van der Waals surface area contributed by atoms with Crippen molar-refractivity contribution in [2.45, 2.75) is 175 Å². The number of allylic oxidation sites excluding steroid dienone is 9. The van der Waals surface area contributed by atoms with E-state index in [9.17, 15) is 14.4 Å². The van der Waals surface area contributed by atoms with Gasteiger partial charge in [0.15, 0.2) is 6.10 Å². The third kappa shape index (κ3) is 34.4. The van der Waals surface area contributed by atoms with Gasteiger partial charge in [0.25, 0.3) is 0 Å². The summed E-state index contributed by atoms with van der Waals surface area (Å²) < 4.78 is 16.4. The summed E-state index contributed by atoms with van der Waals surface area (Å²) in [6, 6.07) is 0. The van der Waals surface area contributed by atoms with E-state index in [-0.39, 0.29) is 31.6 Å². The Balaban J connectivity index is 4.44. The first-order valence-electron chi connectivity index (χ1n) is 19.3. The lowest BCUT2D eigenvalue weighted by atomic mass is 10.1. The first kappa shape index (κ1) is 45.1. The van der Waals surface area contributed by atoms with E-state index >= 15 is 0 Å². The van der Waals surface area contributed by atoms with Gasteiger partial charge in [-0.05, 0) is 44.9 Å². The van der Waals surface area contributed by atoms with Gasteiger partial charge in [0.1, 0.15) is 13.2 Å². The number of unbranched alkanes of at least 4 members (excludes halogenated alkanes) is 13. The highest BCUT2D eigenvalue weighted by Gasteiger charge is 2.19. The zero-order chi connectivity index (χ0) is 35.2. The lowest BCUT2D eigenvalue weighted by Gasteiger charge is -2.18. The molecule has 0 aliphatic carbocycles. The van der Waals surface area contributed by atoms with Crippen LogP contribution in [0.15, 0.2) is 60.8 Å². The van der Waals surface area contributed by atoms with Crippen LogP contribution in [-0.2, 0) is 28.6 Å². The van der Waals surface area contributed by atoms with Gasteiger partial charge in [-0.3, -0.25) is 14.4 Å². The lowest BCUT2D eigenvalue weighted by Crippen LogP contribution is -2.30. The fourth-order valence-corrected chi connectivity index (χ4v) is 4.92. The van der Waals surface area contributed by atoms with Gasteiger partial charge in [0, 0.05) is 12.8 Å². The van der Waals surface area contributed by atoms with Crippen LogP contribution in [0.2, 0.25) is 0 Å². The highest BCUT2D eigenvalue weighted by atomic mass is 16.6. The summed E-state index contributed by atoms with van der Waals surface area (Å²) in [6.45, 7) is 6.29. The summed E-state index contributed by atoms with van der Waals surface area (Å²) in [5.74, 6) is -1.06. The number of carbonyl (C=O) groups is 3. The minimum Gasteiger partial charge on any atom is -0.462 e. The molecule has 0 aliphatic heterocycles. The van der Waals surface area contributed by atoms with Crippen LogP contribution in [0.3, 0.4) is 0 Å². The number of rotatable bonds is 33. The van der Waals surface area contributed by atoms with Crippen LogP contribution in [0.5, 0.6) is 0 Å². The van der Waals surface area contributed by atoms with Crippen molar-refractivity contribution < 1.29 is 28.6 Å². The number of hydrogen-bond acceptors (Lipinski definition) is 6. The maximum Gasteiger partial charge on any atom is 0.309 e. The molecule has 6 heteroatoms. The molecule has 6 nitrogen and oxygen atoms in total. The second-order valence-electron chi connectivity index (χ2n) is 12.5. The predicted octanol–water partition coefficient (Wildman–Crippen LogP) is 11.8. The maximum atomic E-state index is 12.5. The first-order valence-corrected chi connectivity index (χ1v) is 19.3. The standard InChI is InChI=1S/C42H70O6/c1-4-7-10-13-15-17-19-20-21-22-23-25-26-29-32-35-41(44)47-38-39(37-46-40(43)34-31-28-12-9-6-3)48-42(45)36-33-30-27-24-18-16-14-11-8-5-2/h7,10,15,17,20-21,23,25,29,32,39H,4-6,8-9,11-14,16,18-19,22,24,26-28,30-31,33-38H2,1-3H3/b10-7-,17-15-,21-20-,25-23-,32-29-. The van der Waals surface area contributed by atoms with Gasteiger partial charge in [-0.15, -0.1) is 0 Å². The molecule has 1 atom stereocenters. The number of esters is 3. The van der Waals surface area contributed by atoms with Crippen molar-refractivity contribution in [3.8, 4) is 0 Å². The molecule has 0 aromatic carbocycles. The van der Waals surface area contributed by atoms with Crippen molar-refractivity contribution in [2.75, 3.05) is 13.2 Å². The van der Waals surface area contributed by atoms with Crippen LogP contribution in [0.4, 0.5) is 0 Å². The molecule has 0 aromatic heterocycles. The molecule has 274 valence electrons. The average molecular weight is 671 g/mol. The molecular weight excluding hydrogens is 600 g/mol.